The van der Waals surface area contributed by atoms with Gasteiger partial charge in [0.2, 0.25) is 5.91 Å². The summed E-state index contributed by atoms with van der Waals surface area (Å²) in [6.07, 6.45) is 0. The van der Waals surface area contributed by atoms with Crippen molar-refractivity contribution in [2.75, 3.05) is 37.0 Å². The van der Waals surface area contributed by atoms with Crippen LogP contribution in [0.3, 0.4) is 0 Å². The Hall–Kier alpha value is -3.16. The molecule has 0 bridgehead atoms. The summed E-state index contributed by atoms with van der Waals surface area (Å²) in [4.78, 5) is 27.5. The van der Waals surface area contributed by atoms with Crippen LogP contribution in [0.2, 0.25) is 0 Å². The second-order valence-electron chi connectivity index (χ2n) is 5.73. The number of benzene rings is 2. The van der Waals surface area contributed by atoms with Crippen molar-refractivity contribution in [2.24, 2.45) is 0 Å². The molecule has 1 N–H and O–H groups in total. The first-order chi connectivity index (χ1) is 12.5. The molecule has 3 rings (SSSR count). The van der Waals surface area contributed by atoms with Crippen LogP contribution in [0.25, 0.3) is 0 Å². The monoisotopic (exact) mass is 361 g/mol. The van der Waals surface area contributed by atoms with Crippen LogP contribution in [0.15, 0.2) is 42.5 Å². The second-order valence-corrected chi connectivity index (χ2v) is 5.73. The number of anilines is 2. The van der Waals surface area contributed by atoms with Crippen molar-refractivity contribution in [3.05, 3.63) is 54.1 Å². The molecule has 1 aliphatic heterocycles. The Morgan fingerprint density at radius 3 is 2.54 bits per heavy atom. The quantitative estimate of drug-likeness (QED) is 0.891. The van der Waals surface area contributed by atoms with E-state index in [0.29, 0.717) is 30.6 Å². The van der Waals surface area contributed by atoms with E-state index < -0.39 is 17.5 Å². The third kappa shape index (κ3) is 3.74. The molecule has 2 aromatic rings. The molecule has 0 unspecified atom stereocenters. The van der Waals surface area contributed by atoms with Crippen molar-refractivity contribution < 1.29 is 23.1 Å². The summed E-state index contributed by atoms with van der Waals surface area (Å²) in [6.45, 7) is 0.579. The maximum absolute atomic E-state index is 13.6. The largest absolute Gasteiger partial charge is 0.497 e. The molecule has 0 aliphatic carbocycles. The Morgan fingerprint density at radius 2 is 1.88 bits per heavy atom. The van der Waals surface area contributed by atoms with E-state index in [9.17, 15) is 18.4 Å². The molecule has 0 spiro atoms. The first kappa shape index (κ1) is 17.7. The van der Waals surface area contributed by atoms with E-state index in [1.807, 2.05) is 0 Å². The molecule has 136 valence electrons. The molecule has 0 radical (unpaired) electrons. The molecule has 3 amide bonds. The molecule has 1 aliphatic rings. The standard InChI is InChI=1S/C18H17F2N3O3/c1-26-14-5-3-13(4-6-14)23-9-8-22(18(23)25)11-17(24)21-16-7-2-12(19)10-15(16)20/h2-7,10H,8-9,11H2,1H3,(H,21,24). The van der Waals surface area contributed by atoms with Gasteiger partial charge in [0.15, 0.2) is 0 Å². The van der Waals surface area contributed by atoms with Crippen molar-refractivity contribution in [2.45, 2.75) is 0 Å². The Bertz CT molecular complexity index is 827. The molecule has 0 saturated carbocycles. The number of methoxy groups -OCH3 is 1. The molecular weight excluding hydrogens is 344 g/mol. The number of nitrogens with zero attached hydrogens (tertiary/aromatic N) is 2. The maximum atomic E-state index is 13.6. The van der Waals surface area contributed by atoms with Gasteiger partial charge in [0, 0.05) is 24.8 Å². The normalized spacial score (nSPS) is 13.9. The average molecular weight is 361 g/mol. The van der Waals surface area contributed by atoms with Crippen LogP contribution >= 0.6 is 0 Å². The highest BCUT2D eigenvalue weighted by atomic mass is 19.1. The molecule has 1 heterocycles. The zero-order chi connectivity index (χ0) is 18.7. The number of amides is 3. The second kappa shape index (κ2) is 7.38. The molecule has 8 heteroatoms. The summed E-state index contributed by atoms with van der Waals surface area (Å²) in [5.41, 5.74) is 0.568. The van der Waals surface area contributed by atoms with Gasteiger partial charge in [0.25, 0.3) is 0 Å². The molecule has 0 atom stereocenters. The summed E-state index contributed by atoms with van der Waals surface area (Å²) in [7, 11) is 1.56. The van der Waals surface area contributed by atoms with E-state index in [4.69, 9.17) is 4.74 Å². The van der Waals surface area contributed by atoms with E-state index >= 15 is 0 Å². The predicted molar refractivity (Wildman–Crippen MR) is 92.3 cm³/mol. The van der Waals surface area contributed by atoms with Crippen LogP contribution in [0, 0.1) is 11.6 Å². The Kier molecular flexibility index (Phi) is 5.01. The van der Waals surface area contributed by atoms with Gasteiger partial charge in [0.1, 0.15) is 23.9 Å². The van der Waals surface area contributed by atoms with E-state index in [1.165, 1.54) is 4.90 Å². The molecule has 0 aromatic heterocycles. The fraction of sp³-hybridized carbons (Fsp3) is 0.222. The highest BCUT2D eigenvalue weighted by Crippen LogP contribution is 2.23. The van der Waals surface area contributed by atoms with Crippen molar-refractivity contribution in [1.82, 2.24) is 4.90 Å². The first-order valence-electron chi connectivity index (χ1n) is 7.93. The van der Waals surface area contributed by atoms with Gasteiger partial charge in [-0.1, -0.05) is 0 Å². The molecule has 1 fully saturated rings. The predicted octanol–water partition coefficient (Wildman–Crippen LogP) is 2.85. The van der Waals surface area contributed by atoms with Crippen molar-refractivity contribution in [1.29, 1.82) is 0 Å². The topological polar surface area (TPSA) is 61.9 Å². The van der Waals surface area contributed by atoms with Crippen LogP contribution in [-0.2, 0) is 4.79 Å². The lowest BCUT2D eigenvalue weighted by Gasteiger charge is -2.18. The van der Waals surface area contributed by atoms with Gasteiger partial charge in [-0.2, -0.15) is 0 Å². The van der Waals surface area contributed by atoms with Crippen molar-refractivity contribution in [3.8, 4) is 5.75 Å². The fourth-order valence-electron chi connectivity index (χ4n) is 2.69. The zero-order valence-electron chi connectivity index (χ0n) is 14.0. The lowest BCUT2D eigenvalue weighted by atomic mass is 10.3. The average Bonchev–Trinajstić information content (AvgIpc) is 2.98. The third-order valence-electron chi connectivity index (χ3n) is 4.02. The number of rotatable bonds is 5. The summed E-state index contributed by atoms with van der Waals surface area (Å²) >= 11 is 0. The number of carbonyl (C=O) groups excluding carboxylic acids is 2. The van der Waals surface area contributed by atoms with Gasteiger partial charge in [-0.25, -0.2) is 13.6 Å². The number of carbonyl (C=O) groups is 2. The van der Waals surface area contributed by atoms with Gasteiger partial charge in [-0.05, 0) is 36.4 Å². The Balaban J connectivity index is 1.61. The maximum Gasteiger partial charge on any atom is 0.325 e. The fourth-order valence-corrected chi connectivity index (χ4v) is 2.69. The number of urea groups is 1. The number of hydrogen-bond donors (Lipinski definition) is 1. The van der Waals surface area contributed by atoms with E-state index in [2.05, 4.69) is 5.32 Å². The van der Waals surface area contributed by atoms with Crippen molar-refractivity contribution in [3.63, 3.8) is 0 Å². The van der Waals surface area contributed by atoms with Crippen LogP contribution < -0.4 is 15.0 Å². The highest BCUT2D eigenvalue weighted by molar-refractivity contribution is 5.99. The van der Waals surface area contributed by atoms with Crippen LogP contribution in [0.1, 0.15) is 0 Å². The van der Waals surface area contributed by atoms with Gasteiger partial charge < -0.3 is 15.0 Å². The van der Waals surface area contributed by atoms with E-state index in [0.717, 1.165) is 12.1 Å². The number of hydrogen-bond acceptors (Lipinski definition) is 3. The molecule has 1 saturated heterocycles. The van der Waals surface area contributed by atoms with Gasteiger partial charge >= 0.3 is 6.03 Å². The van der Waals surface area contributed by atoms with Gasteiger partial charge in [-0.15, -0.1) is 0 Å². The van der Waals surface area contributed by atoms with Gasteiger partial charge in [0.05, 0.1) is 12.8 Å². The smallest absolute Gasteiger partial charge is 0.325 e. The summed E-state index contributed by atoms with van der Waals surface area (Å²) in [6, 6.07) is 9.56. The van der Waals surface area contributed by atoms with E-state index in [1.54, 1.807) is 36.3 Å². The lowest BCUT2D eigenvalue weighted by molar-refractivity contribution is -0.116. The van der Waals surface area contributed by atoms with Crippen LogP contribution in [0.4, 0.5) is 25.0 Å². The summed E-state index contributed by atoms with van der Waals surface area (Å²) < 4.78 is 31.6. The molecule has 6 nitrogen and oxygen atoms in total. The number of halogens is 2. The van der Waals surface area contributed by atoms with Crippen LogP contribution in [-0.4, -0.2) is 43.6 Å². The van der Waals surface area contributed by atoms with E-state index in [-0.39, 0.29) is 18.3 Å². The Labute approximate surface area is 149 Å². The minimum Gasteiger partial charge on any atom is -0.497 e. The highest BCUT2D eigenvalue weighted by Gasteiger charge is 2.30. The third-order valence-corrected chi connectivity index (χ3v) is 4.02. The van der Waals surface area contributed by atoms with Crippen molar-refractivity contribution >= 4 is 23.3 Å². The lowest BCUT2D eigenvalue weighted by Crippen LogP contribution is -2.37. The van der Waals surface area contributed by atoms with Gasteiger partial charge in [-0.3, -0.25) is 9.69 Å². The SMILES string of the molecule is COc1ccc(N2CCN(CC(=O)Nc3ccc(F)cc3F)C2=O)cc1. The number of ether oxygens (including phenoxy) is 1. The number of nitrogens with one attached hydrogen (secondary N) is 1. The first-order valence-corrected chi connectivity index (χ1v) is 7.93. The summed E-state index contributed by atoms with van der Waals surface area (Å²) in [5.74, 6) is -1.48. The molecular formula is C18H17F2N3O3. The minimum atomic E-state index is -0.869. The molecule has 26 heavy (non-hydrogen) atoms. The molecule has 2 aromatic carbocycles. The summed E-state index contributed by atoms with van der Waals surface area (Å²) in [5, 5.41) is 2.35. The zero-order valence-corrected chi connectivity index (χ0v) is 14.0. The van der Waals surface area contributed by atoms with Crippen LogP contribution in [0.5, 0.6) is 5.75 Å². The minimum absolute atomic E-state index is 0.130. The Morgan fingerprint density at radius 1 is 1.15 bits per heavy atom.